The van der Waals surface area contributed by atoms with Gasteiger partial charge in [0.1, 0.15) is 5.75 Å². The Morgan fingerprint density at radius 3 is 2.65 bits per heavy atom. The van der Waals surface area contributed by atoms with Crippen molar-refractivity contribution in [3.05, 3.63) is 64.7 Å². The minimum atomic E-state index is -1.58. The van der Waals surface area contributed by atoms with E-state index in [0.717, 1.165) is 5.56 Å². The van der Waals surface area contributed by atoms with Gasteiger partial charge < -0.3 is 20.2 Å². The summed E-state index contributed by atoms with van der Waals surface area (Å²) in [5, 5.41) is 16.3. The molecule has 0 radical (unpaired) electrons. The SMILES string of the molecule is COc1ccc2c(c1)C(=O)N(C[C@@]1(C#Cc3ccc(/C=N\O)cc3)NC(=O)NC1=O)C2. The first-order valence-corrected chi connectivity index (χ1v) is 9.34. The fourth-order valence-electron chi connectivity index (χ4n) is 3.51. The van der Waals surface area contributed by atoms with Crippen LogP contribution in [-0.2, 0) is 11.3 Å². The third kappa shape index (κ3) is 3.79. The fraction of sp³-hybridized carbons (Fsp3) is 0.182. The molecule has 31 heavy (non-hydrogen) atoms. The third-order valence-corrected chi connectivity index (χ3v) is 5.10. The Hall–Kier alpha value is -4.32. The van der Waals surface area contributed by atoms with E-state index in [9.17, 15) is 14.4 Å². The van der Waals surface area contributed by atoms with Gasteiger partial charge in [-0.05, 0) is 35.4 Å². The zero-order chi connectivity index (χ0) is 22.0. The number of fused-ring (bicyclic) bond motifs is 1. The van der Waals surface area contributed by atoms with Crippen LogP contribution in [-0.4, -0.2) is 53.4 Å². The molecule has 0 aromatic heterocycles. The number of carbonyl (C=O) groups excluding carboxylic acids is 3. The van der Waals surface area contributed by atoms with E-state index in [4.69, 9.17) is 9.94 Å². The van der Waals surface area contributed by atoms with Crippen molar-refractivity contribution in [3.8, 4) is 17.6 Å². The predicted molar refractivity (Wildman–Crippen MR) is 110 cm³/mol. The molecule has 4 amide bonds. The van der Waals surface area contributed by atoms with Gasteiger partial charge in [-0.25, -0.2) is 4.79 Å². The first-order chi connectivity index (χ1) is 14.9. The summed E-state index contributed by atoms with van der Waals surface area (Å²) in [6.45, 7) is 0.183. The number of rotatable bonds is 4. The molecule has 2 aliphatic heterocycles. The second kappa shape index (κ2) is 7.84. The second-order valence-electron chi connectivity index (χ2n) is 7.11. The Balaban J connectivity index is 1.62. The Morgan fingerprint density at radius 1 is 1.23 bits per heavy atom. The Morgan fingerprint density at radius 2 is 2.00 bits per heavy atom. The molecule has 1 saturated heterocycles. The Bertz CT molecular complexity index is 1160. The topological polar surface area (TPSA) is 120 Å². The zero-order valence-corrected chi connectivity index (χ0v) is 16.5. The number of benzene rings is 2. The molecule has 0 spiro atoms. The minimum absolute atomic E-state index is 0.108. The van der Waals surface area contributed by atoms with Gasteiger partial charge in [-0.1, -0.05) is 35.2 Å². The van der Waals surface area contributed by atoms with Gasteiger partial charge in [0.2, 0.25) is 5.54 Å². The van der Waals surface area contributed by atoms with Crippen LogP contribution in [0.4, 0.5) is 4.79 Å². The average molecular weight is 418 g/mol. The maximum absolute atomic E-state index is 12.9. The third-order valence-electron chi connectivity index (χ3n) is 5.10. The van der Waals surface area contributed by atoms with E-state index in [1.165, 1.54) is 18.2 Å². The van der Waals surface area contributed by atoms with Crippen LogP contribution in [0.1, 0.15) is 27.0 Å². The maximum atomic E-state index is 12.9. The lowest BCUT2D eigenvalue weighted by molar-refractivity contribution is -0.122. The number of urea groups is 1. The van der Waals surface area contributed by atoms with Crippen molar-refractivity contribution in [1.29, 1.82) is 0 Å². The molecule has 3 N–H and O–H groups in total. The zero-order valence-electron chi connectivity index (χ0n) is 16.5. The summed E-state index contributed by atoms with van der Waals surface area (Å²) in [6.07, 6.45) is 1.27. The van der Waals surface area contributed by atoms with Crippen LogP contribution in [0.5, 0.6) is 5.75 Å². The average Bonchev–Trinajstić information content (AvgIpc) is 3.22. The van der Waals surface area contributed by atoms with Crippen LogP contribution in [0, 0.1) is 11.8 Å². The summed E-state index contributed by atoms with van der Waals surface area (Å²) in [5.74, 6) is 5.41. The van der Waals surface area contributed by atoms with E-state index in [-0.39, 0.29) is 12.5 Å². The van der Waals surface area contributed by atoms with Gasteiger partial charge in [-0.15, -0.1) is 0 Å². The highest BCUT2D eigenvalue weighted by atomic mass is 16.5. The lowest BCUT2D eigenvalue weighted by Gasteiger charge is -2.26. The lowest BCUT2D eigenvalue weighted by atomic mass is 9.99. The number of oxime groups is 1. The van der Waals surface area contributed by atoms with Gasteiger partial charge in [0.15, 0.2) is 0 Å². The highest BCUT2D eigenvalue weighted by Crippen LogP contribution is 2.28. The molecule has 9 heteroatoms. The van der Waals surface area contributed by atoms with Crippen LogP contribution in [0.3, 0.4) is 0 Å². The van der Waals surface area contributed by atoms with Crippen molar-refractivity contribution in [1.82, 2.24) is 15.5 Å². The van der Waals surface area contributed by atoms with Crippen molar-refractivity contribution in [3.63, 3.8) is 0 Å². The van der Waals surface area contributed by atoms with E-state index in [1.54, 1.807) is 42.5 Å². The van der Waals surface area contributed by atoms with Crippen LogP contribution in [0.25, 0.3) is 0 Å². The summed E-state index contributed by atoms with van der Waals surface area (Å²) in [6, 6.07) is 11.3. The molecule has 2 aliphatic rings. The number of hydrogen-bond donors (Lipinski definition) is 3. The molecule has 1 atom stereocenters. The van der Waals surface area contributed by atoms with E-state index in [2.05, 4.69) is 27.6 Å². The van der Waals surface area contributed by atoms with E-state index in [1.807, 2.05) is 0 Å². The highest BCUT2D eigenvalue weighted by Gasteiger charge is 2.48. The monoisotopic (exact) mass is 418 g/mol. The summed E-state index contributed by atoms with van der Waals surface area (Å²) in [7, 11) is 1.52. The van der Waals surface area contributed by atoms with Gasteiger partial charge in [-0.3, -0.25) is 14.9 Å². The lowest BCUT2D eigenvalue weighted by Crippen LogP contribution is -2.54. The van der Waals surface area contributed by atoms with Crippen molar-refractivity contribution in [2.24, 2.45) is 5.16 Å². The summed E-state index contributed by atoms with van der Waals surface area (Å²) < 4.78 is 5.18. The molecule has 1 fully saturated rings. The molecule has 4 rings (SSSR count). The number of amides is 4. The normalized spacial score (nSPS) is 19.6. The first kappa shape index (κ1) is 20.0. The van der Waals surface area contributed by atoms with Gasteiger partial charge in [-0.2, -0.15) is 0 Å². The highest BCUT2D eigenvalue weighted by molar-refractivity contribution is 6.10. The Kier molecular flexibility index (Phi) is 5.05. The maximum Gasteiger partial charge on any atom is 0.323 e. The molecule has 156 valence electrons. The molecule has 2 aromatic rings. The molecule has 0 unspecified atom stereocenters. The number of methoxy groups -OCH3 is 1. The molecule has 9 nitrogen and oxygen atoms in total. The van der Waals surface area contributed by atoms with Crippen molar-refractivity contribution >= 4 is 24.1 Å². The molecular weight excluding hydrogens is 400 g/mol. The van der Waals surface area contributed by atoms with E-state index in [0.29, 0.717) is 29.0 Å². The van der Waals surface area contributed by atoms with Crippen LogP contribution < -0.4 is 15.4 Å². The number of imide groups is 1. The van der Waals surface area contributed by atoms with E-state index >= 15 is 0 Å². The predicted octanol–water partition coefficient (Wildman–Crippen LogP) is 1.09. The van der Waals surface area contributed by atoms with Gasteiger partial charge in [0, 0.05) is 17.7 Å². The molecule has 0 bridgehead atoms. The van der Waals surface area contributed by atoms with E-state index < -0.39 is 17.5 Å². The van der Waals surface area contributed by atoms with Crippen LogP contribution in [0.15, 0.2) is 47.6 Å². The summed E-state index contributed by atoms with van der Waals surface area (Å²) >= 11 is 0. The number of hydrogen-bond acceptors (Lipinski definition) is 6. The number of nitrogens with one attached hydrogen (secondary N) is 2. The quantitative estimate of drug-likeness (QED) is 0.226. The van der Waals surface area contributed by atoms with Gasteiger partial charge in [0.05, 0.1) is 19.9 Å². The Labute approximate surface area is 177 Å². The number of ether oxygens (including phenoxy) is 1. The summed E-state index contributed by atoms with van der Waals surface area (Å²) in [5.41, 5.74) is 0.979. The standard InChI is InChI=1S/C22H18N4O5/c1-31-17-7-6-16-12-26(19(27)18(16)10-17)13-22(20(28)24-21(29)25-22)9-8-14-2-4-15(5-3-14)11-23-30/h2-7,10-11,30H,12-13H2,1H3,(H2,24,25,28,29)/b23-11-/t22-/m1/s1. The smallest absolute Gasteiger partial charge is 0.323 e. The summed E-state index contributed by atoms with van der Waals surface area (Å²) in [4.78, 5) is 38.9. The van der Waals surface area contributed by atoms with Gasteiger partial charge in [0.25, 0.3) is 11.8 Å². The van der Waals surface area contributed by atoms with Gasteiger partial charge >= 0.3 is 6.03 Å². The van der Waals surface area contributed by atoms with Crippen molar-refractivity contribution in [2.75, 3.05) is 13.7 Å². The number of carbonyl (C=O) groups is 3. The van der Waals surface area contributed by atoms with Crippen LogP contribution in [0.2, 0.25) is 0 Å². The first-order valence-electron chi connectivity index (χ1n) is 9.34. The molecule has 0 aliphatic carbocycles. The minimum Gasteiger partial charge on any atom is -0.497 e. The van der Waals surface area contributed by atoms with Crippen molar-refractivity contribution in [2.45, 2.75) is 12.1 Å². The van der Waals surface area contributed by atoms with Crippen molar-refractivity contribution < 1.29 is 24.3 Å². The molecule has 0 saturated carbocycles. The largest absolute Gasteiger partial charge is 0.497 e. The second-order valence-corrected chi connectivity index (χ2v) is 7.11. The molecular formula is C22H18N4O5. The molecule has 2 heterocycles. The number of nitrogens with zero attached hydrogens (tertiary/aromatic N) is 2. The molecule has 2 aromatic carbocycles. The fourth-order valence-corrected chi connectivity index (χ4v) is 3.51. The van der Waals surface area contributed by atoms with Crippen LogP contribution >= 0.6 is 0 Å².